The number of nitrogens with one attached hydrogen (secondary N) is 2. The highest BCUT2D eigenvalue weighted by Gasteiger charge is 2.21. The number of rotatable bonds is 3. The van der Waals surface area contributed by atoms with Crippen molar-refractivity contribution >= 4 is 17.3 Å². The second kappa shape index (κ2) is 6.71. The van der Waals surface area contributed by atoms with E-state index in [4.69, 9.17) is 18.0 Å². The van der Waals surface area contributed by atoms with Crippen LogP contribution in [-0.2, 0) is 6.54 Å². The van der Waals surface area contributed by atoms with Gasteiger partial charge in [-0.05, 0) is 30.6 Å². The maximum absolute atomic E-state index is 6.08. The van der Waals surface area contributed by atoms with Gasteiger partial charge in [0, 0.05) is 18.6 Å². The molecule has 0 saturated heterocycles. The minimum atomic E-state index is 0.232. The maximum Gasteiger partial charge on any atom is 0.166 e. The summed E-state index contributed by atoms with van der Waals surface area (Å²) >= 11 is 5.31. The van der Waals surface area contributed by atoms with Gasteiger partial charge >= 0.3 is 0 Å². The van der Waals surface area contributed by atoms with Gasteiger partial charge in [0.25, 0.3) is 0 Å². The highest BCUT2D eigenvalue weighted by atomic mass is 32.1. The molecule has 1 aliphatic carbocycles. The van der Waals surface area contributed by atoms with Crippen LogP contribution in [0.15, 0.2) is 30.3 Å². The molecule has 4 heteroatoms. The molecule has 0 aromatic heterocycles. The molecule has 4 N–H and O–H groups in total. The molecule has 1 fully saturated rings. The lowest BCUT2D eigenvalue weighted by atomic mass is 9.91. The van der Waals surface area contributed by atoms with E-state index in [1.54, 1.807) is 0 Å². The van der Waals surface area contributed by atoms with Gasteiger partial charge in [-0.15, -0.1) is 0 Å². The van der Waals surface area contributed by atoms with Crippen molar-refractivity contribution in [3.63, 3.8) is 0 Å². The maximum atomic E-state index is 6.08. The minimum Gasteiger partial charge on any atom is -0.359 e. The summed E-state index contributed by atoms with van der Waals surface area (Å²) < 4.78 is 0. The summed E-state index contributed by atoms with van der Waals surface area (Å²) in [6.07, 6.45) is 4.70. The second-order valence-corrected chi connectivity index (χ2v) is 5.28. The van der Waals surface area contributed by atoms with E-state index in [0.29, 0.717) is 11.2 Å². The Hall–Kier alpha value is -1.13. The third-order valence-corrected chi connectivity index (χ3v) is 3.69. The highest BCUT2D eigenvalue weighted by molar-refractivity contribution is 7.80. The van der Waals surface area contributed by atoms with Crippen LogP contribution in [0.25, 0.3) is 0 Å². The molecule has 2 atom stereocenters. The van der Waals surface area contributed by atoms with Gasteiger partial charge in [0.05, 0.1) is 0 Å². The predicted molar refractivity (Wildman–Crippen MR) is 79.2 cm³/mol. The van der Waals surface area contributed by atoms with Gasteiger partial charge < -0.3 is 16.4 Å². The standard InChI is InChI=1S/C14H21N3S/c15-12-8-4-5-9-13(12)17-14(18)16-10-11-6-2-1-3-7-11/h1-3,6-7,12-13H,4-5,8-10,15H2,(H2,16,17,18)/t12-,13-/m1/s1. The first kappa shape index (κ1) is 13.3. The third kappa shape index (κ3) is 3.96. The molecule has 1 aromatic rings. The number of benzene rings is 1. The molecule has 0 heterocycles. The van der Waals surface area contributed by atoms with Crippen LogP contribution < -0.4 is 16.4 Å². The Bertz CT molecular complexity index is 380. The van der Waals surface area contributed by atoms with Gasteiger partial charge in [0.15, 0.2) is 5.11 Å². The van der Waals surface area contributed by atoms with Crippen LogP contribution >= 0.6 is 12.2 Å². The van der Waals surface area contributed by atoms with E-state index in [-0.39, 0.29) is 6.04 Å². The van der Waals surface area contributed by atoms with Crippen LogP contribution in [0.1, 0.15) is 31.2 Å². The van der Waals surface area contributed by atoms with E-state index in [1.165, 1.54) is 18.4 Å². The SMILES string of the molecule is N[C@@H]1CCCC[C@H]1NC(=S)NCc1ccccc1. The topological polar surface area (TPSA) is 50.1 Å². The Morgan fingerprint density at radius 2 is 1.94 bits per heavy atom. The molecule has 0 amide bonds. The fraction of sp³-hybridized carbons (Fsp3) is 0.500. The molecule has 0 spiro atoms. The molecule has 2 rings (SSSR count). The van der Waals surface area contributed by atoms with Crippen LogP contribution in [0.3, 0.4) is 0 Å². The molecular weight excluding hydrogens is 242 g/mol. The van der Waals surface area contributed by atoms with Gasteiger partial charge in [-0.2, -0.15) is 0 Å². The Labute approximate surface area is 114 Å². The summed E-state index contributed by atoms with van der Waals surface area (Å²) in [7, 11) is 0. The van der Waals surface area contributed by atoms with Crippen molar-refractivity contribution in [1.29, 1.82) is 0 Å². The first-order valence-electron chi connectivity index (χ1n) is 6.59. The number of hydrogen-bond donors (Lipinski definition) is 3. The summed E-state index contributed by atoms with van der Waals surface area (Å²) in [6, 6.07) is 10.8. The Morgan fingerprint density at radius 3 is 2.67 bits per heavy atom. The van der Waals surface area contributed by atoms with E-state index in [9.17, 15) is 0 Å². The zero-order valence-electron chi connectivity index (χ0n) is 10.6. The average Bonchev–Trinajstić information content (AvgIpc) is 2.40. The normalized spacial score (nSPS) is 23.4. The largest absolute Gasteiger partial charge is 0.359 e. The fourth-order valence-corrected chi connectivity index (χ4v) is 2.56. The van der Waals surface area contributed by atoms with Crippen LogP contribution in [0.5, 0.6) is 0 Å². The third-order valence-electron chi connectivity index (χ3n) is 3.43. The average molecular weight is 263 g/mol. The highest BCUT2D eigenvalue weighted by Crippen LogP contribution is 2.16. The smallest absolute Gasteiger partial charge is 0.166 e. The van der Waals surface area contributed by atoms with Gasteiger partial charge in [0.2, 0.25) is 0 Å². The predicted octanol–water partition coefficient (Wildman–Crippen LogP) is 1.92. The van der Waals surface area contributed by atoms with Crippen LogP contribution in [-0.4, -0.2) is 17.2 Å². The Balaban J connectivity index is 1.75. The lowest BCUT2D eigenvalue weighted by Gasteiger charge is -2.30. The van der Waals surface area contributed by atoms with Crippen molar-refractivity contribution in [2.45, 2.75) is 44.3 Å². The molecule has 0 aliphatic heterocycles. The summed E-state index contributed by atoms with van der Waals surface area (Å²) in [5, 5.41) is 7.28. The van der Waals surface area contributed by atoms with E-state index in [0.717, 1.165) is 19.4 Å². The Kier molecular flexibility index (Phi) is 4.96. The number of thiocarbonyl (C=S) groups is 1. The molecule has 18 heavy (non-hydrogen) atoms. The van der Waals surface area contributed by atoms with E-state index >= 15 is 0 Å². The van der Waals surface area contributed by atoms with Crippen molar-refractivity contribution < 1.29 is 0 Å². The van der Waals surface area contributed by atoms with Gasteiger partial charge in [-0.25, -0.2) is 0 Å². The molecule has 1 aliphatic rings. The van der Waals surface area contributed by atoms with Crippen molar-refractivity contribution in [2.24, 2.45) is 5.73 Å². The zero-order chi connectivity index (χ0) is 12.8. The van der Waals surface area contributed by atoms with Crippen LogP contribution in [0, 0.1) is 0 Å². The summed E-state index contributed by atoms with van der Waals surface area (Å²) in [4.78, 5) is 0. The summed E-state index contributed by atoms with van der Waals surface area (Å²) in [6.45, 7) is 0.759. The van der Waals surface area contributed by atoms with Gasteiger partial charge in [-0.3, -0.25) is 0 Å². The van der Waals surface area contributed by atoms with E-state index in [1.807, 2.05) is 18.2 Å². The molecule has 98 valence electrons. The van der Waals surface area contributed by atoms with Crippen molar-refractivity contribution in [3.8, 4) is 0 Å². The number of hydrogen-bond acceptors (Lipinski definition) is 2. The van der Waals surface area contributed by atoms with Crippen LogP contribution in [0.4, 0.5) is 0 Å². The molecule has 0 radical (unpaired) electrons. The molecule has 1 saturated carbocycles. The van der Waals surface area contributed by atoms with Gasteiger partial charge in [0.1, 0.15) is 0 Å². The summed E-state index contributed by atoms with van der Waals surface area (Å²) in [5.74, 6) is 0. The number of nitrogens with two attached hydrogens (primary N) is 1. The molecule has 0 bridgehead atoms. The monoisotopic (exact) mass is 263 g/mol. The first-order valence-corrected chi connectivity index (χ1v) is 7.00. The minimum absolute atomic E-state index is 0.232. The second-order valence-electron chi connectivity index (χ2n) is 4.87. The van der Waals surface area contributed by atoms with E-state index < -0.39 is 0 Å². The molecule has 1 aromatic carbocycles. The lowest BCUT2D eigenvalue weighted by molar-refractivity contribution is 0.359. The first-order chi connectivity index (χ1) is 8.75. The van der Waals surface area contributed by atoms with Crippen molar-refractivity contribution in [3.05, 3.63) is 35.9 Å². The van der Waals surface area contributed by atoms with Crippen LogP contribution in [0.2, 0.25) is 0 Å². The fourth-order valence-electron chi connectivity index (χ4n) is 2.34. The quantitative estimate of drug-likeness (QED) is 0.729. The van der Waals surface area contributed by atoms with Gasteiger partial charge in [-0.1, -0.05) is 43.2 Å². The summed E-state index contributed by atoms with van der Waals surface area (Å²) in [5.41, 5.74) is 7.32. The zero-order valence-corrected chi connectivity index (χ0v) is 11.4. The molecule has 3 nitrogen and oxygen atoms in total. The van der Waals surface area contributed by atoms with E-state index in [2.05, 4.69) is 22.8 Å². The van der Waals surface area contributed by atoms with Crippen molar-refractivity contribution in [2.75, 3.05) is 0 Å². The van der Waals surface area contributed by atoms with Crippen molar-refractivity contribution in [1.82, 2.24) is 10.6 Å². The lowest BCUT2D eigenvalue weighted by Crippen LogP contribution is -2.51. The molecule has 0 unspecified atom stereocenters. The Morgan fingerprint density at radius 1 is 1.22 bits per heavy atom. The molecular formula is C14H21N3S.